The smallest absolute Gasteiger partial charge is 0.251 e. The predicted molar refractivity (Wildman–Crippen MR) is 74.9 cm³/mol. The van der Waals surface area contributed by atoms with E-state index in [2.05, 4.69) is 6.92 Å². The normalized spacial score (nSPS) is 25.4. The number of piperidine rings is 1. The molecule has 5 nitrogen and oxygen atoms in total. The molecule has 19 heavy (non-hydrogen) atoms. The van der Waals surface area contributed by atoms with Crippen molar-refractivity contribution >= 4 is 5.91 Å². The molecule has 1 aliphatic rings. The molecule has 3 unspecified atom stereocenters. The van der Waals surface area contributed by atoms with Crippen molar-refractivity contribution < 1.29 is 14.3 Å². The molecule has 1 aliphatic heterocycles. The van der Waals surface area contributed by atoms with Crippen molar-refractivity contribution in [2.75, 3.05) is 32.9 Å². The molecular weight excluding hydrogens is 244 g/mol. The third-order valence-corrected chi connectivity index (χ3v) is 3.68. The number of carbonyl (C=O) groups excluding carboxylic acids is 1. The highest BCUT2D eigenvalue weighted by Crippen LogP contribution is 2.22. The summed E-state index contributed by atoms with van der Waals surface area (Å²) in [4.78, 5) is 14.2. The highest BCUT2D eigenvalue weighted by molar-refractivity contribution is 5.81. The monoisotopic (exact) mass is 272 g/mol. The van der Waals surface area contributed by atoms with Crippen LogP contribution in [0.3, 0.4) is 0 Å². The Kier molecular flexibility index (Phi) is 7.34. The van der Waals surface area contributed by atoms with Gasteiger partial charge in [0.1, 0.15) is 6.10 Å². The topological polar surface area (TPSA) is 64.8 Å². The average molecular weight is 272 g/mol. The van der Waals surface area contributed by atoms with E-state index >= 15 is 0 Å². The lowest BCUT2D eigenvalue weighted by atomic mass is 9.92. The minimum atomic E-state index is -0.414. The minimum absolute atomic E-state index is 0.0545. The highest BCUT2D eigenvalue weighted by atomic mass is 16.5. The van der Waals surface area contributed by atoms with Crippen molar-refractivity contribution in [3.63, 3.8) is 0 Å². The summed E-state index contributed by atoms with van der Waals surface area (Å²) >= 11 is 0. The molecule has 0 saturated carbocycles. The molecule has 0 aliphatic carbocycles. The van der Waals surface area contributed by atoms with Gasteiger partial charge in [0.2, 0.25) is 0 Å². The van der Waals surface area contributed by atoms with E-state index in [0.29, 0.717) is 32.3 Å². The van der Waals surface area contributed by atoms with Gasteiger partial charge in [0.15, 0.2) is 0 Å². The SMILES string of the molecule is CCOCCOC(C)C(=O)N1CCC(C)CC1CN. The summed E-state index contributed by atoms with van der Waals surface area (Å²) < 4.78 is 10.7. The second-order valence-electron chi connectivity index (χ2n) is 5.26. The van der Waals surface area contributed by atoms with Gasteiger partial charge in [-0.05, 0) is 32.6 Å². The molecule has 112 valence electrons. The zero-order valence-corrected chi connectivity index (χ0v) is 12.4. The van der Waals surface area contributed by atoms with E-state index in [1.54, 1.807) is 6.92 Å². The molecule has 0 aromatic heterocycles. The van der Waals surface area contributed by atoms with Crippen molar-refractivity contribution in [3.8, 4) is 0 Å². The van der Waals surface area contributed by atoms with Crippen molar-refractivity contribution in [2.24, 2.45) is 11.7 Å². The number of hydrogen-bond acceptors (Lipinski definition) is 4. The van der Waals surface area contributed by atoms with Gasteiger partial charge in [-0.3, -0.25) is 4.79 Å². The summed E-state index contributed by atoms with van der Waals surface area (Å²) in [6.45, 7) is 8.94. The molecule has 1 amide bonds. The first-order valence-corrected chi connectivity index (χ1v) is 7.30. The van der Waals surface area contributed by atoms with Crippen LogP contribution in [-0.2, 0) is 14.3 Å². The molecular formula is C14H28N2O3. The molecule has 1 saturated heterocycles. The van der Waals surface area contributed by atoms with Crippen molar-refractivity contribution in [1.29, 1.82) is 0 Å². The Labute approximate surface area is 116 Å². The van der Waals surface area contributed by atoms with Gasteiger partial charge in [-0.15, -0.1) is 0 Å². The Morgan fingerprint density at radius 2 is 2.21 bits per heavy atom. The maximum Gasteiger partial charge on any atom is 0.251 e. The maximum absolute atomic E-state index is 12.3. The molecule has 1 rings (SSSR count). The van der Waals surface area contributed by atoms with Gasteiger partial charge in [0, 0.05) is 25.7 Å². The molecule has 0 bridgehead atoms. The second kappa shape index (κ2) is 8.51. The summed E-state index contributed by atoms with van der Waals surface area (Å²) in [5.74, 6) is 0.700. The summed E-state index contributed by atoms with van der Waals surface area (Å²) in [6, 6.07) is 0.161. The third kappa shape index (κ3) is 5.09. The molecule has 1 heterocycles. The van der Waals surface area contributed by atoms with Gasteiger partial charge in [0.25, 0.3) is 5.91 Å². The quantitative estimate of drug-likeness (QED) is 0.703. The van der Waals surface area contributed by atoms with Crippen LogP contribution >= 0.6 is 0 Å². The standard InChI is InChI=1S/C14H28N2O3/c1-4-18-7-8-19-12(3)14(17)16-6-5-11(2)9-13(16)10-15/h11-13H,4-10,15H2,1-3H3. The van der Waals surface area contributed by atoms with Crippen LogP contribution in [0.5, 0.6) is 0 Å². The Balaban J connectivity index is 2.41. The first-order chi connectivity index (χ1) is 9.10. The number of carbonyl (C=O) groups is 1. The lowest BCUT2D eigenvalue weighted by molar-refractivity contribution is -0.147. The Morgan fingerprint density at radius 3 is 2.84 bits per heavy atom. The van der Waals surface area contributed by atoms with Gasteiger partial charge in [-0.25, -0.2) is 0 Å². The van der Waals surface area contributed by atoms with Gasteiger partial charge in [-0.1, -0.05) is 6.92 Å². The fourth-order valence-electron chi connectivity index (χ4n) is 2.50. The van der Waals surface area contributed by atoms with Crippen LogP contribution in [0.1, 0.15) is 33.6 Å². The van der Waals surface area contributed by atoms with E-state index in [0.717, 1.165) is 19.4 Å². The van der Waals surface area contributed by atoms with Gasteiger partial charge < -0.3 is 20.1 Å². The lowest BCUT2D eigenvalue weighted by Crippen LogP contribution is -2.52. The highest BCUT2D eigenvalue weighted by Gasteiger charge is 2.31. The number of amides is 1. The van der Waals surface area contributed by atoms with Gasteiger partial charge in [0.05, 0.1) is 13.2 Å². The van der Waals surface area contributed by atoms with Gasteiger partial charge >= 0.3 is 0 Å². The van der Waals surface area contributed by atoms with Crippen molar-refractivity contribution in [3.05, 3.63) is 0 Å². The van der Waals surface area contributed by atoms with Crippen molar-refractivity contribution in [1.82, 2.24) is 4.90 Å². The molecule has 0 aromatic carbocycles. The Morgan fingerprint density at radius 1 is 1.47 bits per heavy atom. The molecule has 0 aromatic rings. The van der Waals surface area contributed by atoms with Crippen LogP contribution in [0.2, 0.25) is 0 Å². The second-order valence-corrected chi connectivity index (χ2v) is 5.26. The largest absolute Gasteiger partial charge is 0.379 e. The number of nitrogens with two attached hydrogens (primary N) is 1. The maximum atomic E-state index is 12.3. The van der Waals surface area contributed by atoms with Crippen molar-refractivity contribution in [2.45, 2.75) is 45.8 Å². The lowest BCUT2D eigenvalue weighted by Gasteiger charge is -2.39. The Hall–Kier alpha value is -0.650. The summed E-state index contributed by atoms with van der Waals surface area (Å²) in [5.41, 5.74) is 5.78. The van der Waals surface area contributed by atoms with E-state index < -0.39 is 6.10 Å². The van der Waals surface area contributed by atoms with Crippen LogP contribution in [0.4, 0.5) is 0 Å². The number of ether oxygens (including phenoxy) is 2. The fraction of sp³-hybridized carbons (Fsp3) is 0.929. The number of hydrogen-bond donors (Lipinski definition) is 1. The molecule has 3 atom stereocenters. The Bertz CT molecular complexity index is 273. The minimum Gasteiger partial charge on any atom is -0.379 e. The summed E-state index contributed by atoms with van der Waals surface area (Å²) in [7, 11) is 0. The molecule has 2 N–H and O–H groups in total. The van der Waals surface area contributed by atoms with Crippen LogP contribution in [0.15, 0.2) is 0 Å². The van der Waals surface area contributed by atoms with Crippen LogP contribution in [-0.4, -0.2) is 55.9 Å². The van der Waals surface area contributed by atoms with Crippen LogP contribution < -0.4 is 5.73 Å². The third-order valence-electron chi connectivity index (χ3n) is 3.68. The first kappa shape index (κ1) is 16.4. The van der Waals surface area contributed by atoms with Crippen LogP contribution in [0.25, 0.3) is 0 Å². The summed E-state index contributed by atoms with van der Waals surface area (Å²) in [6.07, 6.45) is 1.63. The number of rotatable bonds is 7. The average Bonchev–Trinajstić information content (AvgIpc) is 2.42. The first-order valence-electron chi connectivity index (χ1n) is 7.30. The number of likely N-dealkylation sites (tertiary alicyclic amines) is 1. The fourth-order valence-corrected chi connectivity index (χ4v) is 2.50. The van der Waals surface area contributed by atoms with E-state index in [9.17, 15) is 4.79 Å². The van der Waals surface area contributed by atoms with E-state index in [-0.39, 0.29) is 11.9 Å². The van der Waals surface area contributed by atoms with Gasteiger partial charge in [-0.2, -0.15) is 0 Å². The summed E-state index contributed by atoms with van der Waals surface area (Å²) in [5, 5.41) is 0. The van der Waals surface area contributed by atoms with E-state index in [1.807, 2.05) is 11.8 Å². The molecule has 0 radical (unpaired) electrons. The molecule has 0 spiro atoms. The van der Waals surface area contributed by atoms with E-state index in [4.69, 9.17) is 15.2 Å². The predicted octanol–water partition coefficient (Wildman–Crippen LogP) is 1.01. The zero-order valence-electron chi connectivity index (χ0n) is 12.4. The molecule has 5 heteroatoms. The van der Waals surface area contributed by atoms with Crippen LogP contribution in [0, 0.1) is 5.92 Å². The molecule has 1 fully saturated rings. The number of nitrogens with zero attached hydrogens (tertiary/aromatic N) is 1. The zero-order chi connectivity index (χ0) is 14.3. The van der Waals surface area contributed by atoms with E-state index in [1.165, 1.54) is 0 Å².